The lowest BCUT2D eigenvalue weighted by atomic mass is 9.47. The van der Waals surface area contributed by atoms with Gasteiger partial charge in [0.05, 0.1) is 0 Å². The lowest BCUT2D eigenvalue weighted by Crippen LogP contribution is -2.55. The van der Waals surface area contributed by atoms with Crippen LogP contribution in [0.3, 0.4) is 0 Å². The number of carbonyl (C=O) groups excluding carboxylic acids is 2. The largest absolute Gasteiger partial charge is 0.461 e. The van der Waals surface area contributed by atoms with Crippen molar-refractivity contribution in [2.75, 3.05) is 6.61 Å². The summed E-state index contributed by atoms with van der Waals surface area (Å²) in [7, 11) is 0. The van der Waals surface area contributed by atoms with Crippen molar-refractivity contribution in [1.29, 1.82) is 0 Å². The molecular weight excluding hydrogens is 340 g/mol. The minimum atomic E-state index is -0.506. The maximum absolute atomic E-state index is 12.3. The zero-order chi connectivity index (χ0) is 19.8. The number of esters is 2. The average Bonchev–Trinajstić information content (AvgIpc) is 2.56. The molecule has 4 rings (SSSR count). The number of allylic oxidation sites excluding steroid dienone is 3. The van der Waals surface area contributed by atoms with Gasteiger partial charge in [0.2, 0.25) is 0 Å². The molecule has 2 aliphatic heterocycles. The summed E-state index contributed by atoms with van der Waals surface area (Å²) in [6.45, 7) is 11.5. The first-order valence-corrected chi connectivity index (χ1v) is 10.3. The van der Waals surface area contributed by atoms with Crippen LogP contribution in [0.5, 0.6) is 0 Å². The van der Waals surface area contributed by atoms with Gasteiger partial charge < -0.3 is 9.47 Å². The summed E-state index contributed by atoms with van der Waals surface area (Å²) < 4.78 is 11.0. The molecule has 0 aromatic carbocycles. The monoisotopic (exact) mass is 374 g/mol. The van der Waals surface area contributed by atoms with Gasteiger partial charge in [-0.1, -0.05) is 38.0 Å². The highest BCUT2D eigenvalue weighted by Crippen LogP contribution is 2.61. The van der Waals surface area contributed by atoms with Gasteiger partial charge in [-0.05, 0) is 69.3 Å². The van der Waals surface area contributed by atoms with Gasteiger partial charge in [0.1, 0.15) is 19.1 Å². The molecule has 2 heterocycles. The molecule has 4 atom stereocenters. The van der Waals surface area contributed by atoms with Crippen LogP contribution in [0.15, 0.2) is 23.3 Å². The van der Waals surface area contributed by atoms with E-state index in [1.807, 2.05) is 6.08 Å². The summed E-state index contributed by atoms with van der Waals surface area (Å²) in [5.41, 5.74) is 2.85. The van der Waals surface area contributed by atoms with Crippen LogP contribution in [-0.2, 0) is 19.1 Å². The third-order valence-electron chi connectivity index (χ3n) is 7.56. The Hall–Kier alpha value is -1.58. The highest BCUT2D eigenvalue weighted by Gasteiger charge is 2.56. The van der Waals surface area contributed by atoms with Crippen molar-refractivity contribution in [3.05, 3.63) is 23.3 Å². The van der Waals surface area contributed by atoms with Gasteiger partial charge in [0.25, 0.3) is 0 Å². The van der Waals surface area contributed by atoms with Crippen LogP contribution in [0, 0.1) is 22.7 Å². The molecule has 1 fully saturated rings. The van der Waals surface area contributed by atoms with E-state index in [9.17, 15) is 9.59 Å². The third-order valence-corrected chi connectivity index (χ3v) is 7.56. The van der Waals surface area contributed by atoms with Crippen molar-refractivity contribution in [3.8, 4) is 0 Å². The lowest BCUT2D eigenvalue weighted by molar-refractivity contribution is -0.176. The Kier molecular flexibility index (Phi) is 5.56. The van der Waals surface area contributed by atoms with E-state index in [1.54, 1.807) is 0 Å². The van der Waals surface area contributed by atoms with Crippen molar-refractivity contribution in [2.45, 2.75) is 79.2 Å². The molecule has 0 N–H and O–H groups in total. The lowest BCUT2D eigenvalue weighted by Gasteiger charge is -2.59. The first-order chi connectivity index (χ1) is 12.6. The molecule has 0 aromatic rings. The normalized spacial score (nSPS) is 39.2. The number of rotatable bonds is 0. The first-order valence-electron chi connectivity index (χ1n) is 10.3. The predicted octanol–water partition coefficient (Wildman–Crippen LogP) is 4.98. The van der Waals surface area contributed by atoms with Gasteiger partial charge >= 0.3 is 11.9 Å². The Morgan fingerprint density at radius 2 is 1.78 bits per heavy atom. The van der Waals surface area contributed by atoms with Gasteiger partial charge in [0.15, 0.2) is 0 Å². The summed E-state index contributed by atoms with van der Waals surface area (Å²) in [4.78, 5) is 24.2. The number of carbonyl (C=O) groups is 2. The Labute approximate surface area is 163 Å². The zero-order valence-corrected chi connectivity index (χ0v) is 17.5. The molecule has 0 unspecified atom stereocenters. The molecule has 0 amide bonds. The molecule has 0 spiro atoms. The SMILES string of the molecule is CC1=CC[C@@H]2C(C)(C)[C@@H]3CC[C@]2(C)[C@@H]1CC/C(C)=C/COC(=O)CC(=O)O3. The molecular formula is C23H34O4. The maximum Gasteiger partial charge on any atom is 0.317 e. The predicted molar refractivity (Wildman–Crippen MR) is 105 cm³/mol. The number of hydrogen-bond acceptors (Lipinski definition) is 4. The minimum Gasteiger partial charge on any atom is -0.461 e. The van der Waals surface area contributed by atoms with E-state index in [-0.39, 0.29) is 30.0 Å². The smallest absolute Gasteiger partial charge is 0.317 e. The molecule has 150 valence electrons. The molecule has 4 heteroatoms. The van der Waals surface area contributed by atoms with Crippen molar-refractivity contribution in [2.24, 2.45) is 22.7 Å². The molecule has 27 heavy (non-hydrogen) atoms. The van der Waals surface area contributed by atoms with E-state index in [2.05, 4.69) is 40.7 Å². The molecule has 4 bridgehead atoms. The standard InChI is InChI=1S/C23H34O4/c1-15-6-8-17-16(2)7-9-18-22(3,4)19(10-12-23(17,18)5)27-21(25)14-20(24)26-13-11-15/h7,11,17-19H,6,8-10,12-14H2,1-5H3/b15-11+/t17-,18-,19+,23-/m1/s1. The maximum atomic E-state index is 12.3. The van der Waals surface area contributed by atoms with Crippen LogP contribution in [0.25, 0.3) is 0 Å². The van der Waals surface area contributed by atoms with E-state index in [4.69, 9.17) is 9.47 Å². The second-order valence-electron chi connectivity index (χ2n) is 9.58. The Balaban J connectivity index is 1.96. The second-order valence-corrected chi connectivity index (χ2v) is 9.58. The Morgan fingerprint density at radius 3 is 2.52 bits per heavy atom. The summed E-state index contributed by atoms with van der Waals surface area (Å²) in [5, 5.41) is 0. The zero-order valence-electron chi connectivity index (χ0n) is 17.5. The van der Waals surface area contributed by atoms with Gasteiger partial charge in [-0.15, -0.1) is 0 Å². The van der Waals surface area contributed by atoms with E-state index in [0.29, 0.717) is 11.8 Å². The van der Waals surface area contributed by atoms with Gasteiger partial charge in [0, 0.05) is 5.41 Å². The van der Waals surface area contributed by atoms with E-state index < -0.39 is 11.9 Å². The van der Waals surface area contributed by atoms with Gasteiger partial charge in [-0.2, -0.15) is 0 Å². The summed E-state index contributed by atoms with van der Waals surface area (Å²) >= 11 is 0. The molecule has 2 aliphatic carbocycles. The second kappa shape index (κ2) is 7.44. The minimum absolute atomic E-state index is 0.118. The third kappa shape index (κ3) is 3.86. The first kappa shape index (κ1) is 20.2. The molecule has 4 nitrogen and oxygen atoms in total. The van der Waals surface area contributed by atoms with Crippen LogP contribution < -0.4 is 0 Å². The van der Waals surface area contributed by atoms with Crippen LogP contribution in [0.1, 0.15) is 73.1 Å². The molecule has 1 saturated carbocycles. The van der Waals surface area contributed by atoms with Crippen molar-refractivity contribution < 1.29 is 19.1 Å². The highest BCUT2D eigenvalue weighted by atomic mass is 16.6. The summed E-state index contributed by atoms with van der Waals surface area (Å²) in [5.74, 6) is 0.0415. The molecule has 0 aromatic heterocycles. The van der Waals surface area contributed by atoms with E-state index >= 15 is 0 Å². The fourth-order valence-corrected chi connectivity index (χ4v) is 5.91. The van der Waals surface area contributed by atoms with Crippen molar-refractivity contribution in [1.82, 2.24) is 0 Å². The van der Waals surface area contributed by atoms with Gasteiger partial charge in [-0.3, -0.25) is 9.59 Å². The Bertz CT molecular complexity index is 672. The number of ether oxygens (including phenoxy) is 2. The quantitative estimate of drug-likeness (QED) is 0.341. The molecule has 0 radical (unpaired) electrons. The highest BCUT2D eigenvalue weighted by molar-refractivity contribution is 5.91. The van der Waals surface area contributed by atoms with Crippen molar-refractivity contribution in [3.63, 3.8) is 0 Å². The fraction of sp³-hybridized carbons (Fsp3) is 0.739. The van der Waals surface area contributed by atoms with E-state index in [1.165, 1.54) is 11.1 Å². The summed E-state index contributed by atoms with van der Waals surface area (Å²) in [6, 6.07) is 0. The average molecular weight is 375 g/mol. The van der Waals surface area contributed by atoms with Crippen molar-refractivity contribution >= 4 is 11.9 Å². The topological polar surface area (TPSA) is 52.6 Å². The Morgan fingerprint density at radius 1 is 1.04 bits per heavy atom. The molecule has 4 aliphatic rings. The number of fused-ring (bicyclic) bond motifs is 9. The van der Waals surface area contributed by atoms with Crippen LogP contribution >= 0.6 is 0 Å². The number of hydrogen-bond donors (Lipinski definition) is 0. The molecule has 0 saturated heterocycles. The van der Waals surface area contributed by atoms with Gasteiger partial charge in [-0.25, -0.2) is 0 Å². The van der Waals surface area contributed by atoms with Crippen LogP contribution in [0.2, 0.25) is 0 Å². The van der Waals surface area contributed by atoms with E-state index in [0.717, 1.165) is 32.1 Å². The van der Waals surface area contributed by atoms with Crippen LogP contribution in [0.4, 0.5) is 0 Å². The van der Waals surface area contributed by atoms with Crippen LogP contribution in [-0.4, -0.2) is 24.6 Å². The fourth-order valence-electron chi connectivity index (χ4n) is 5.91. The summed E-state index contributed by atoms with van der Waals surface area (Å²) in [6.07, 6.45) is 9.01.